The molecule has 2 aromatic rings. The van der Waals surface area contributed by atoms with Gasteiger partial charge in [0.25, 0.3) is 0 Å². The van der Waals surface area contributed by atoms with Crippen LogP contribution in [0.25, 0.3) is 11.1 Å². The van der Waals surface area contributed by atoms with Gasteiger partial charge < -0.3 is 9.84 Å². The Hall–Kier alpha value is -1.64. The van der Waals surface area contributed by atoms with Gasteiger partial charge in [0.1, 0.15) is 0 Å². The Morgan fingerprint density at radius 2 is 1.33 bits per heavy atom. The average Bonchev–Trinajstić information content (AvgIpc) is 2.46. The summed E-state index contributed by atoms with van der Waals surface area (Å²) in [6.07, 6.45) is 0. The molecular weight excluding hydrogens is 224 g/mol. The van der Waals surface area contributed by atoms with E-state index in [1.807, 2.05) is 31.2 Å². The van der Waals surface area contributed by atoms with Gasteiger partial charge >= 0.3 is 0 Å². The zero-order valence-electron chi connectivity index (χ0n) is 10.6. The van der Waals surface area contributed by atoms with E-state index in [0.29, 0.717) is 6.61 Å². The molecule has 0 aromatic heterocycles. The molecule has 0 bridgehead atoms. The van der Waals surface area contributed by atoms with Gasteiger partial charge in [0.15, 0.2) is 0 Å². The Balaban J connectivity index is 2.12. The van der Waals surface area contributed by atoms with Gasteiger partial charge in [-0.05, 0) is 29.2 Å². The molecule has 0 aliphatic rings. The van der Waals surface area contributed by atoms with Crippen molar-refractivity contribution >= 4 is 0 Å². The first-order valence-corrected chi connectivity index (χ1v) is 6.20. The lowest BCUT2D eigenvalue weighted by Gasteiger charge is -2.05. The first-order chi connectivity index (χ1) is 8.83. The second kappa shape index (κ2) is 6.34. The molecule has 0 saturated heterocycles. The van der Waals surface area contributed by atoms with Crippen LogP contribution in [0.3, 0.4) is 0 Å². The standard InChI is InChI=1S/C16H18O2/c1-2-18-12-14-5-9-16(10-6-14)15-7-3-13(11-17)4-8-15/h3-10,17H,2,11-12H2,1H3. The van der Waals surface area contributed by atoms with Crippen molar-refractivity contribution in [2.45, 2.75) is 20.1 Å². The van der Waals surface area contributed by atoms with Gasteiger partial charge in [-0.3, -0.25) is 0 Å². The third-order valence-corrected chi connectivity index (χ3v) is 2.90. The predicted molar refractivity (Wildman–Crippen MR) is 73.1 cm³/mol. The van der Waals surface area contributed by atoms with E-state index in [1.165, 1.54) is 11.1 Å². The zero-order chi connectivity index (χ0) is 12.8. The third-order valence-electron chi connectivity index (χ3n) is 2.90. The lowest BCUT2D eigenvalue weighted by molar-refractivity contribution is 0.134. The van der Waals surface area contributed by atoms with Crippen LogP contribution in [-0.2, 0) is 18.0 Å². The molecule has 0 heterocycles. The molecule has 0 unspecified atom stereocenters. The quantitative estimate of drug-likeness (QED) is 0.871. The van der Waals surface area contributed by atoms with Gasteiger partial charge in [0, 0.05) is 6.61 Å². The molecule has 18 heavy (non-hydrogen) atoms. The van der Waals surface area contributed by atoms with Crippen LogP contribution < -0.4 is 0 Å². The van der Waals surface area contributed by atoms with E-state index in [9.17, 15) is 0 Å². The average molecular weight is 242 g/mol. The lowest BCUT2D eigenvalue weighted by Crippen LogP contribution is -1.91. The second-order valence-electron chi connectivity index (χ2n) is 4.19. The number of benzene rings is 2. The summed E-state index contributed by atoms with van der Waals surface area (Å²) in [7, 11) is 0. The summed E-state index contributed by atoms with van der Waals surface area (Å²) in [6, 6.07) is 16.3. The van der Waals surface area contributed by atoms with Crippen LogP contribution in [0.15, 0.2) is 48.5 Å². The van der Waals surface area contributed by atoms with Crippen molar-refractivity contribution in [3.8, 4) is 11.1 Å². The van der Waals surface area contributed by atoms with Crippen molar-refractivity contribution in [3.05, 3.63) is 59.7 Å². The monoisotopic (exact) mass is 242 g/mol. The number of aliphatic hydroxyl groups excluding tert-OH is 1. The molecule has 0 aliphatic heterocycles. The summed E-state index contributed by atoms with van der Waals surface area (Å²) < 4.78 is 5.37. The van der Waals surface area contributed by atoms with Crippen LogP contribution >= 0.6 is 0 Å². The summed E-state index contributed by atoms with van der Waals surface area (Å²) in [5.74, 6) is 0. The summed E-state index contributed by atoms with van der Waals surface area (Å²) >= 11 is 0. The minimum Gasteiger partial charge on any atom is -0.392 e. The van der Waals surface area contributed by atoms with Crippen molar-refractivity contribution in [2.75, 3.05) is 6.61 Å². The molecule has 1 N–H and O–H groups in total. The van der Waals surface area contributed by atoms with Crippen LogP contribution in [0, 0.1) is 0 Å². The summed E-state index contributed by atoms with van der Waals surface area (Å²) in [6.45, 7) is 3.50. The molecule has 0 amide bonds. The highest BCUT2D eigenvalue weighted by atomic mass is 16.5. The van der Waals surface area contributed by atoms with E-state index in [0.717, 1.165) is 17.7 Å². The highest BCUT2D eigenvalue weighted by Gasteiger charge is 1.99. The Morgan fingerprint density at radius 3 is 1.78 bits per heavy atom. The maximum Gasteiger partial charge on any atom is 0.0716 e. The fraction of sp³-hybridized carbons (Fsp3) is 0.250. The van der Waals surface area contributed by atoms with E-state index < -0.39 is 0 Å². The Kier molecular flexibility index (Phi) is 4.51. The molecule has 0 fully saturated rings. The molecule has 2 rings (SSSR count). The smallest absolute Gasteiger partial charge is 0.0716 e. The van der Waals surface area contributed by atoms with Crippen LogP contribution in [0.5, 0.6) is 0 Å². The van der Waals surface area contributed by atoms with Crippen LogP contribution in [-0.4, -0.2) is 11.7 Å². The number of rotatable bonds is 5. The topological polar surface area (TPSA) is 29.5 Å². The largest absolute Gasteiger partial charge is 0.392 e. The predicted octanol–water partition coefficient (Wildman–Crippen LogP) is 3.38. The molecule has 2 aromatic carbocycles. The van der Waals surface area contributed by atoms with Crippen molar-refractivity contribution < 1.29 is 9.84 Å². The molecule has 0 spiro atoms. The van der Waals surface area contributed by atoms with Crippen LogP contribution in [0.4, 0.5) is 0 Å². The van der Waals surface area contributed by atoms with Gasteiger partial charge in [-0.15, -0.1) is 0 Å². The van der Waals surface area contributed by atoms with Crippen LogP contribution in [0.1, 0.15) is 18.1 Å². The third kappa shape index (κ3) is 3.19. The van der Waals surface area contributed by atoms with E-state index in [-0.39, 0.29) is 6.61 Å². The first kappa shape index (κ1) is 12.8. The van der Waals surface area contributed by atoms with E-state index in [1.54, 1.807) is 0 Å². The van der Waals surface area contributed by atoms with Gasteiger partial charge in [0.05, 0.1) is 13.2 Å². The number of aliphatic hydroxyl groups is 1. The van der Waals surface area contributed by atoms with Crippen LogP contribution in [0.2, 0.25) is 0 Å². The molecular formula is C16H18O2. The number of hydrogen-bond donors (Lipinski definition) is 1. The fourth-order valence-corrected chi connectivity index (χ4v) is 1.82. The molecule has 0 atom stereocenters. The number of hydrogen-bond acceptors (Lipinski definition) is 2. The Morgan fingerprint density at radius 1 is 0.833 bits per heavy atom. The van der Waals surface area contributed by atoms with Gasteiger partial charge in [0.2, 0.25) is 0 Å². The van der Waals surface area contributed by atoms with Crippen molar-refractivity contribution in [1.29, 1.82) is 0 Å². The molecule has 2 nitrogen and oxygen atoms in total. The minimum absolute atomic E-state index is 0.0908. The van der Waals surface area contributed by atoms with Gasteiger partial charge in [-0.25, -0.2) is 0 Å². The normalized spacial score (nSPS) is 10.6. The van der Waals surface area contributed by atoms with E-state index >= 15 is 0 Å². The highest BCUT2D eigenvalue weighted by molar-refractivity contribution is 5.63. The molecule has 0 aliphatic carbocycles. The molecule has 0 radical (unpaired) electrons. The summed E-state index contributed by atoms with van der Waals surface area (Å²) in [4.78, 5) is 0. The van der Waals surface area contributed by atoms with Gasteiger partial charge in [-0.2, -0.15) is 0 Å². The fourth-order valence-electron chi connectivity index (χ4n) is 1.82. The van der Waals surface area contributed by atoms with E-state index in [4.69, 9.17) is 9.84 Å². The summed E-state index contributed by atoms with van der Waals surface area (Å²) in [5, 5.41) is 9.00. The second-order valence-corrected chi connectivity index (χ2v) is 4.19. The number of ether oxygens (including phenoxy) is 1. The van der Waals surface area contributed by atoms with Crippen molar-refractivity contribution in [1.82, 2.24) is 0 Å². The molecule has 0 saturated carbocycles. The zero-order valence-corrected chi connectivity index (χ0v) is 10.6. The molecule has 2 heteroatoms. The summed E-state index contributed by atoms with van der Waals surface area (Å²) in [5.41, 5.74) is 4.47. The van der Waals surface area contributed by atoms with E-state index in [2.05, 4.69) is 24.3 Å². The Bertz CT molecular complexity index is 471. The minimum atomic E-state index is 0.0908. The lowest BCUT2D eigenvalue weighted by atomic mass is 10.0. The van der Waals surface area contributed by atoms with Crippen molar-refractivity contribution in [3.63, 3.8) is 0 Å². The molecule has 94 valence electrons. The first-order valence-electron chi connectivity index (χ1n) is 6.20. The maximum absolute atomic E-state index is 9.00. The van der Waals surface area contributed by atoms with Gasteiger partial charge in [-0.1, -0.05) is 48.5 Å². The highest BCUT2D eigenvalue weighted by Crippen LogP contribution is 2.20. The Labute approximate surface area is 108 Å². The maximum atomic E-state index is 9.00. The van der Waals surface area contributed by atoms with Crippen molar-refractivity contribution in [2.24, 2.45) is 0 Å². The SMILES string of the molecule is CCOCc1ccc(-c2ccc(CO)cc2)cc1.